The molecule has 162 valence electrons. The van der Waals surface area contributed by atoms with Crippen LogP contribution in [0.2, 0.25) is 0 Å². The Morgan fingerprint density at radius 1 is 1.24 bits per heavy atom. The summed E-state index contributed by atoms with van der Waals surface area (Å²) in [6, 6.07) is 8.85. The zero-order valence-corrected chi connectivity index (χ0v) is 18.5. The first-order chi connectivity index (χ1) is 14.3. The minimum atomic E-state index is 0.307. The number of ether oxygens (including phenoxy) is 2. The fourth-order valence-electron chi connectivity index (χ4n) is 3.52. The summed E-state index contributed by atoms with van der Waals surface area (Å²) in [7, 11) is 0. The molecule has 0 amide bonds. The monoisotopic (exact) mass is 420 g/mol. The van der Waals surface area contributed by atoms with Crippen LogP contribution >= 0.6 is 11.8 Å². The molecule has 1 unspecified atom stereocenters. The van der Waals surface area contributed by atoms with Crippen LogP contribution in [0.4, 0.5) is 5.69 Å². The predicted octanol–water partition coefficient (Wildman–Crippen LogP) is 2.88. The molecular formula is C22H36N4O2S. The first-order valence-corrected chi connectivity index (χ1v) is 12.1. The molecule has 0 radical (unpaired) electrons. The van der Waals surface area contributed by atoms with Gasteiger partial charge in [0.25, 0.3) is 0 Å². The van der Waals surface area contributed by atoms with E-state index < -0.39 is 0 Å². The number of rotatable bonds is 10. The van der Waals surface area contributed by atoms with E-state index in [2.05, 4.69) is 46.7 Å². The molecule has 2 aliphatic rings. The number of thioether (sulfide) groups is 1. The molecule has 0 spiro atoms. The van der Waals surface area contributed by atoms with Crippen LogP contribution in [0.5, 0.6) is 0 Å². The maximum atomic E-state index is 5.72. The van der Waals surface area contributed by atoms with Crippen LogP contribution in [0.25, 0.3) is 0 Å². The van der Waals surface area contributed by atoms with Crippen LogP contribution in [0.15, 0.2) is 29.3 Å². The second-order valence-corrected chi connectivity index (χ2v) is 8.68. The van der Waals surface area contributed by atoms with Gasteiger partial charge in [0.2, 0.25) is 0 Å². The Labute approximate surface area is 179 Å². The molecule has 2 N–H and O–H groups in total. The molecule has 7 heteroatoms. The topological polar surface area (TPSA) is 58.1 Å². The highest BCUT2D eigenvalue weighted by Gasteiger charge is 2.15. The van der Waals surface area contributed by atoms with E-state index in [9.17, 15) is 0 Å². The lowest BCUT2D eigenvalue weighted by Crippen LogP contribution is -2.38. The van der Waals surface area contributed by atoms with Crippen LogP contribution in [0.1, 0.15) is 31.7 Å². The lowest BCUT2D eigenvalue weighted by molar-refractivity contribution is 0.0168. The Hall–Kier alpha value is -1.44. The van der Waals surface area contributed by atoms with E-state index in [4.69, 9.17) is 14.5 Å². The van der Waals surface area contributed by atoms with Crippen LogP contribution in [0.3, 0.4) is 0 Å². The Balaban J connectivity index is 1.36. The first kappa shape index (κ1) is 22.2. The molecule has 0 aliphatic carbocycles. The van der Waals surface area contributed by atoms with Gasteiger partial charge in [-0.05, 0) is 43.9 Å². The van der Waals surface area contributed by atoms with Crippen LogP contribution in [0, 0.1) is 0 Å². The average molecular weight is 421 g/mol. The molecule has 1 aromatic rings. The molecule has 1 aromatic carbocycles. The van der Waals surface area contributed by atoms with Gasteiger partial charge in [-0.25, -0.2) is 4.99 Å². The SMILES string of the molecule is CCNC(=NCc1ccc(N2CCSCC2)cc1)NCCCOCC1CCCO1. The summed E-state index contributed by atoms with van der Waals surface area (Å²) in [5.41, 5.74) is 2.56. The molecule has 0 bridgehead atoms. The summed E-state index contributed by atoms with van der Waals surface area (Å²) < 4.78 is 11.3. The fraction of sp³-hybridized carbons (Fsp3) is 0.682. The third-order valence-electron chi connectivity index (χ3n) is 5.16. The van der Waals surface area contributed by atoms with Gasteiger partial charge >= 0.3 is 0 Å². The number of hydrogen-bond acceptors (Lipinski definition) is 5. The number of aliphatic imine (C=N–C) groups is 1. The van der Waals surface area contributed by atoms with Crippen molar-refractivity contribution in [3.05, 3.63) is 29.8 Å². The lowest BCUT2D eigenvalue weighted by atomic mass is 10.2. The van der Waals surface area contributed by atoms with Crippen molar-refractivity contribution in [1.29, 1.82) is 0 Å². The largest absolute Gasteiger partial charge is 0.379 e. The Morgan fingerprint density at radius 3 is 2.79 bits per heavy atom. The van der Waals surface area contributed by atoms with Gasteiger partial charge in [0, 0.05) is 56.6 Å². The Bertz CT molecular complexity index is 599. The summed E-state index contributed by atoms with van der Waals surface area (Å²) in [6.07, 6.45) is 3.56. The van der Waals surface area contributed by atoms with Crippen LogP contribution in [-0.4, -0.2) is 69.6 Å². The highest BCUT2D eigenvalue weighted by atomic mass is 32.2. The maximum absolute atomic E-state index is 5.72. The second kappa shape index (κ2) is 13.0. The molecule has 1 atom stereocenters. The van der Waals surface area contributed by atoms with Crippen LogP contribution in [-0.2, 0) is 16.0 Å². The van der Waals surface area contributed by atoms with Crippen molar-refractivity contribution >= 4 is 23.4 Å². The lowest BCUT2D eigenvalue weighted by Gasteiger charge is -2.28. The van der Waals surface area contributed by atoms with Gasteiger partial charge in [-0.3, -0.25) is 0 Å². The molecule has 2 fully saturated rings. The molecule has 0 aromatic heterocycles. The number of nitrogens with zero attached hydrogens (tertiary/aromatic N) is 2. The van der Waals surface area contributed by atoms with Crippen molar-refractivity contribution in [3.63, 3.8) is 0 Å². The third-order valence-corrected chi connectivity index (χ3v) is 6.10. The highest BCUT2D eigenvalue weighted by molar-refractivity contribution is 7.99. The van der Waals surface area contributed by atoms with E-state index in [0.29, 0.717) is 12.6 Å². The van der Waals surface area contributed by atoms with E-state index in [1.54, 1.807) is 0 Å². The molecule has 6 nitrogen and oxygen atoms in total. The molecule has 2 heterocycles. The van der Waals surface area contributed by atoms with Crippen molar-refractivity contribution in [3.8, 4) is 0 Å². The van der Waals surface area contributed by atoms with E-state index >= 15 is 0 Å². The number of hydrogen-bond donors (Lipinski definition) is 2. The van der Waals surface area contributed by atoms with E-state index in [1.165, 1.54) is 22.8 Å². The van der Waals surface area contributed by atoms with Crippen molar-refractivity contribution in [2.45, 2.75) is 38.8 Å². The summed E-state index contributed by atoms with van der Waals surface area (Å²) in [5, 5.41) is 6.72. The number of nitrogens with one attached hydrogen (secondary N) is 2. The smallest absolute Gasteiger partial charge is 0.191 e. The molecule has 2 saturated heterocycles. The molecule has 2 aliphatic heterocycles. The minimum absolute atomic E-state index is 0.307. The normalized spacial score (nSPS) is 20.1. The van der Waals surface area contributed by atoms with Gasteiger partial charge in [0.1, 0.15) is 0 Å². The van der Waals surface area contributed by atoms with Crippen LogP contribution < -0.4 is 15.5 Å². The first-order valence-electron chi connectivity index (χ1n) is 11.0. The molecule has 29 heavy (non-hydrogen) atoms. The maximum Gasteiger partial charge on any atom is 0.191 e. The van der Waals surface area contributed by atoms with Gasteiger partial charge in [-0.1, -0.05) is 12.1 Å². The second-order valence-electron chi connectivity index (χ2n) is 7.45. The van der Waals surface area contributed by atoms with Crippen molar-refractivity contribution in [2.75, 3.05) is 62.4 Å². The number of benzene rings is 1. The Morgan fingerprint density at radius 2 is 2.07 bits per heavy atom. The average Bonchev–Trinajstić information content (AvgIpc) is 3.29. The standard InChI is InChI=1S/C22H36N4O2S/c1-2-23-22(24-10-4-13-27-18-21-5-3-14-28-21)25-17-19-6-8-20(9-7-19)26-11-15-29-16-12-26/h6-9,21H,2-5,10-18H2,1H3,(H2,23,24,25). The minimum Gasteiger partial charge on any atom is -0.379 e. The summed E-state index contributed by atoms with van der Waals surface area (Å²) in [4.78, 5) is 7.19. The van der Waals surface area contributed by atoms with Gasteiger partial charge in [-0.15, -0.1) is 0 Å². The highest BCUT2D eigenvalue weighted by Crippen LogP contribution is 2.20. The van der Waals surface area contributed by atoms with Crippen molar-refractivity contribution < 1.29 is 9.47 Å². The molecular weight excluding hydrogens is 384 g/mol. The van der Waals surface area contributed by atoms with Gasteiger partial charge in [0.15, 0.2) is 5.96 Å². The summed E-state index contributed by atoms with van der Waals surface area (Å²) >= 11 is 2.04. The molecule has 3 rings (SSSR count). The van der Waals surface area contributed by atoms with Crippen molar-refractivity contribution in [2.24, 2.45) is 4.99 Å². The summed E-state index contributed by atoms with van der Waals surface area (Å²) in [6.45, 7) is 9.13. The van der Waals surface area contributed by atoms with E-state index in [-0.39, 0.29) is 0 Å². The zero-order valence-electron chi connectivity index (χ0n) is 17.7. The third kappa shape index (κ3) is 8.07. The number of guanidine groups is 1. The number of anilines is 1. The van der Waals surface area contributed by atoms with E-state index in [1.807, 2.05) is 11.8 Å². The Kier molecular flexibility index (Phi) is 9.96. The summed E-state index contributed by atoms with van der Waals surface area (Å²) in [5.74, 6) is 3.32. The van der Waals surface area contributed by atoms with Crippen molar-refractivity contribution in [1.82, 2.24) is 10.6 Å². The van der Waals surface area contributed by atoms with Gasteiger partial charge < -0.3 is 25.0 Å². The zero-order chi connectivity index (χ0) is 20.2. The fourth-order valence-corrected chi connectivity index (χ4v) is 4.42. The van der Waals surface area contributed by atoms with Gasteiger partial charge in [0.05, 0.1) is 19.3 Å². The quantitative estimate of drug-likeness (QED) is 0.345. The van der Waals surface area contributed by atoms with Gasteiger partial charge in [-0.2, -0.15) is 11.8 Å². The molecule has 0 saturated carbocycles. The van der Waals surface area contributed by atoms with E-state index in [0.717, 1.165) is 71.2 Å². The predicted molar refractivity (Wildman–Crippen MR) is 123 cm³/mol.